The van der Waals surface area contributed by atoms with Crippen molar-refractivity contribution in [3.8, 4) is 5.75 Å². The first-order valence-electron chi connectivity index (χ1n) is 4.55. The molecule has 0 atom stereocenters. The van der Waals surface area contributed by atoms with E-state index in [1.807, 2.05) is 0 Å². The van der Waals surface area contributed by atoms with Gasteiger partial charge >= 0.3 is 0 Å². The Bertz CT molecular complexity index is 421. The van der Waals surface area contributed by atoms with Crippen molar-refractivity contribution < 1.29 is 14.7 Å². The van der Waals surface area contributed by atoms with E-state index in [9.17, 15) is 14.7 Å². The minimum absolute atomic E-state index is 0.0115. The summed E-state index contributed by atoms with van der Waals surface area (Å²) >= 11 is 3.11. The molecule has 0 spiro atoms. The van der Waals surface area contributed by atoms with Gasteiger partial charge < -0.3 is 16.2 Å². The predicted molar refractivity (Wildman–Crippen MR) is 62.0 cm³/mol. The van der Waals surface area contributed by atoms with E-state index < -0.39 is 5.91 Å². The molecule has 0 unspecified atom stereocenters. The van der Waals surface area contributed by atoms with E-state index in [-0.39, 0.29) is 24.6 Å². The van der Waals surface area contributed by atoms with Crippen molar-refractivity contribution in [2.75, 3.05) is 6.54 Å². The fourth-order valence-corrected chi connectivity index (χ4v) is 1.30. The lowest BCUT2D eigenvalue weighted by Gasteiger charge is -2.04. The predicted octanol–water partition coefficient (Wildman–Crippen LogP) is 0.760. The summed E-state index contributed by atoms with van der Waals surface area (Å²) in [7, 11) is 0. The molecule has 0 bridgehead atoms. The van der Waals surface area contributed by atoms with Crippen LogP contribution in [0.2, 0.25) is 0 Å². The summed E-state index contributed by atoms with van der Waals surface area (Å²) in [4.78, 5) is 21.9. The molecule has 0 saturated carbocycles. The molecule has 0 radical (unpaired) electrons. The Kier molecular flexibility index (Phi) is 4.30. The van der Waals surface area contributed by atoms with Gasteiger partial charge in [-0.25, -0.2) is 0 Å². The lowest BCUT2D eigenvalue weighted by atomic mass is 10.2. The summed E-state index contributed by atoms with van der Waals surface area (Å²) < 4.78 is 0.515. The van der Waals surface area contributed by atoms with Crippen LogP contribution in [0.1, 0.15) is 16.8 Å². The van der Waals surface area contributed by atoms with Crippen molar-refractivity contribution in [1.29, 1.82) is 0 Å². The fourth-order valence-electron chi connectivity index (χ4n) is 1.06. The van der Waals surface area contributed by atoms with Crippen molar-refractivity contribution in [2.24, 2.45) is 5.73 Å². The van der Waals surface area contributed by atoms with E-state index in [0.717, 1.165) is 0 Å². The van der Waals surface area contributed by atoms with Crippen LogP contribution in [-0.2, 0) is 4.79 Å². The fraction of sp³-hybridized carbons (Fsp3) is 0.200. The number of halogens is 1. The summed E-state index contributed by atoms with van der Waals surface area (Å²) in [5.41, 5.74) is 5.25. The van der Waals surface area contributed by atoms with E-state index >= 15 is 0 Å². The molecule has 0 saturated heterocycles. The highest BCUT2D eigenvalue weighted by atomic mass is 79.9. The molecule has 5 nitrogen and oxygen atoms in total. The largest absolute Gasteiger partial charge is 0.507 e. The first-order chi connectivity index (χ1) is 7.50. The van der Waals surface area contributed by atoms with Crippen LogP contribution in [-0.4, -0.2) is 23.5 Å². The van der Waals surface area contributed by atoms with Crippen LogP contribution in [0.15, 0.2) is 22.7 Å². The maximum Gasteiger partial charge on any atom is 0.251 e. The van der Waals surface area contributed by atoms with Crippen LogP contribution in [0.25, 0.3) is 0 Å². The average Bonchev–Trinajstić information content (AvgIpc) is 2.21. The highest BCUT2D eigenvalue weighted by Crippen LogP contribution is 2.24. The number of carbonyl (C=O) groups excluding carboxylic acids is 2. The summed E-state index contributed by atoms with van der Waals surface area (Å²) in [5.74, 6) is -0.842. The van der Waals surface area contributed by atoms with Crippen molar-refractivity contribution in [3.63, 3.8) is 0 Å². The lowest BCUT2D eigenvalue weighted by molar-refractivity contribution is -0.117. The van der Waals surface area contributed by atoms with E-state index in [1.165, 1.54) is 6.07 Å². The van der Waals surface area contributed by atoms with Crippen LogP contribution < -0.4 is 11.1 Å². The topological polar surface area (TPSA) is 92.4 Å². The molecule has 1 rings (SSSR count). The number of phenols is 1. The minimum Gasteiger partial charge on any atom is -0.507 e. The second-order valence-corrected chi connectivity index (χ2v) is 3.99. The second kappa shape index (κ2) is 5.50. The molecule has 0 aliphatic heterocycles. The second-order valence-electron chi connectivity index (χ2n) is 3.14. The van der Waals surface area contributed by atoms with Crippen LogP contribution >= 0.6 is 15.9 Å². The molecule has 6 heteroatoms. The number of rotatable bonds is 4. The molecule has 86 valence electrons. The Morgan fingerprint density at radius 2 is 2.12 bits per heavy atom. The Morgan fingerprint density at radius 1 is 1.44 bits per heavy atom. The van der Waals surface area contributed by atoms with Gasteiger partial charge in [-0.2, -0.15) is 0 Å². The van der Waals surface area contributed by atoms with Crippen molar-refractivity contribution in [2.45, 2.75) is 6.42 Å². The Labute approximate surface area is 101 Å². The Balaban J connectivity index is 2.59. The SMILES string of the molecule is NC(=O)CCNC(=O)c1ccc(Br)c(O)c1. The molecule has 2 amide bonds. The van der Waals surface area contributed by atoms with E-state index in [4.69, 9.17) is 5.73 Å². The smallest absolute Gasteiger partial charge is 0.251 e. The zero-order valence-electron chi connectivity index (χ0n) is 8.37. The first kappa shape index (κ1) is 12.5. The van der Waals surface area contributed by atoms with Gasteiger partial charge in [-0.05, 0) is 34.1 Å². The highest BCUT2D eigenvalue weighted by Gasteiger charge is 2.07. The van der Waals surface area contributed by atoms with Crippen LogP contribution in [0.4, 0.5) is 0 Å². The molecular formula is C10H11BrN2O3. The molecule has 0 aliphatic rings. The molecule has 0 heterocycles. The Morgan fingerprint density at radius 3 is 2.69 bits per heavy atom. The number of carbonyl (C=O) groups is 2. The van der Waals surface area contributed by atoms with Gasteiger partial charge in [-0.1, -0.05) is 0 Å². The number of amides is 2. The quantitative estimate of drug-likeness (QED) is 0.763. The molecule has 1 aromatic rings. The maximum atomic E-state index is 11.5. The molecule has 1 aromatic carbocycles. The van der Waals surface area contributed by atoms with Gasteiger partial charge in [0.25, 0.3) is 5.91 Å². The van der Waals surface area contributed by atoms with Crippen molar-refractivity contribution in [3.05, 3.63) is 28.2 Å². The van der Waals surface area contributed by atoms with Crippen LogP contribution in [0.3, 0.4) is 0 Å². The standard InChI is InChI=1S/C10H11BrN2O3/c11-7-2-1-6(5-8(7)14)10(16)13-4-3-9(12)15/h1-2,5,14H,3-4H2,(H2,12,15)(H,13,16). The number of benzene rings is 1. The monoisotopic (exact) mass is 286 g/mol. The number of primary amides is 1. The molecular weight excluding hydrogens is 276 g/mol. The van der Waals surface area contributed by atoms with E-state index in [1.54, 1.807) is 12.1 Å². The van der Waals surface area contributed by atoms with Crippen molar-refractivity contribution in [1.82, 2.24) is 5.32 Å². The maximum absolute atomic E-state index is 11.5. The van der Waals surface area contributed by atoms with Gasteiger partial charge in [0, 0.05) is 18.5 Å². The average molecular weight is 287 g/mol. The van der Waals surface area contributed by atoms with Crippen LogP contribution in [0, 0.1) is 0 Å². The third-order valence-electron chi connectivity index (χ3n) is 1.87. The number of nitrogens with one attached hydrogen (secondary N) is 1. The number of aromatic hydroxyl groups is 1. The molecule has 4 N–H and O–H groups in total. The summed E-state index contributed by atoms with van der Waals surface area (Å²) in [5, 5.41) is 11.9. The van der Waals surface area contributed by atoms with Crippen LogP contribution in [0.5, 0.6) is 5.75 Å². The third kappa shape index (κ3) is 3.54. The van der Waals surface area contributed by atoms with Crippen molar-refractivity contribution >= 4 is 27.7 Å². The van der Waals surface area contributed by atoms with E-state index in [0.29, 0.717) is 10.0 Å². The number of phenolic OH excluding ortho intramolecular Hbond substituents is 1. The molecule has 16 heavy (non-hydrogen) atoms. The van der Waals surface area contributed by atoms with Gasteiger partial charge in [0.1, 0.15) is 5.75 Å². The Hall–Kier alpha value is -1.56. The lowest BCUT2D eigenvalue weighted by Crippen LogP contribution is -2.27. The molecule has 0 aliphatic carbocycles. The van der Waals surface area contributed by atoms with E-state index in [2.05, 4.69) is 21.2 Å². The van der Waals surface area contributed by atoms with Gasteiger partial charge in [0.05, 0.1) is 4.47 Å². The highest BCUT2D eigenvalue weighted by molar-refractivity contribution is 9.10. The zero-order chi connectivity index (χ0) is 12.1. The first-order valence-corrected chi connectivity index (χ1v) is 5.35. The number of hydrogen-bond acceptors (Lipinski definition) is 3. The zero-order valence-corrected chi connectivity index (χ0v) is 9.95. The number of hydrogen-bond donors (Lipinski definition) is 3. The normalized spacial score (nSPS) is 9.81. The van der Waals surface area contributed by atoms with Gasteiger partial charge in [-0.15, -0.1) is 0 Å². The minimum atomic E-state index is -0.473. The number of nitrogens with two attached hydrogens (primary N) is 1. The molecule has 0 fully saturated rings. The van der Waals surface area contributed by atoms with Gasteiger partial charge in [-0.3, -0.25) is 9.59 Å². The van der Waals surface area contributed by atoms with Gasteiger partial charge in [0.2, 0.25) is 5.91 Å². The summed E-state index contributed by atoms with van der Waals surface area (Å²) in [6.07, 6.45) is 0.0915. The summed E-state index contributed by atoms with van der Waals surface area (Å²) in [6.45, 7) is 0.186. The molecule has 0 aromatic heterocycles. The van der Waals surface area contributed by atoms with Gasteiger partial charge in [0.15, 0.2) is 0 Å². The summed E-state index contributed by atoms with van der Waals surface area (Å²) in [6, 6.07) is 4.46. The third-order valence-corrected chi connectivity index (χ3v) is 2.54.